The van der Waals surface area contributed by atoms with E-state index in [0.29, 0.717) is 12.1 Å². The highest BCUT2D eigenvalue weighted by atomic mass is 32.2. The maximum absolute atomic E-state index is 13.9. The summed E-state index contributed by atoms with van der Waals surface area (Å²) in [7, 11) is 1.47. The molecule has 100 valence electrons. The highest BCUT2D eigenvalue weighted by molar-refractivity contribution is 7.98. The zero-order valence-corrected chi connectivity index (χ0v) is 11.8. The molecule has 0 aromatic heterocycles. The Morgan fingerprint density at radius 1 is 1.16 bits per heavy atom. The minimum atomic E-state index is -0.307. The predicted octanol–water partition coefficient (Wildman–Crippen LogP) is 4.17. The zero-order valence-electron chi connectivity index (χ0n) is 10.9. The van der Waals surface area contributed by atoms with Crippen LogP contribution in [0.15, 0.2) is 47.4 Å². The second-order valence-corrected chi connectivity index (χ2v) is 4.90. The van der Waals surface area contributed by atoms with Crippen LogP contribution in [0.5, 0.6) is 5.75 Å². The minimum absolute atomic E-state index is 0.275. The number of hydrogen-bond donors (Lipinski definition) is 1. The number of hydrogen-bond acceptors (Lipinski definition) is 3. The third-order valence-electron chi connectivity index (χ3n) is 2.84. The van der Waals surface area contributed by atoms with Gasteiger partial charge in [-0.25, -0.2) is 4.39 Å². The van der Waals surface area contributed by atoms with Gasteiger partial charge in [0.1, 0.15) is 0 Å². The van der Waals surface area contributed by atoms with Gasteiger partial charge in [0.25, 0.3) is 0 Å². The fraction of sp³-hybridized carbons (Fsp3) is 0.200. The van der Waals surface area contributed by atoms with Gasteiger partial charge in [0.2, 0.25) is 0 Å². The Hall–Kier alpha value is -1.68. The van der Waals surface area contributed by atoms with E-state index in [1.165, 1.54) is 12.0 Å². The van der Waals surface area contributed by atoms with Crippen LogP contribution >= 0.6 is 11.8 Å². The van der Waals surface area contributed by atoms with Gasteiger partial charge < -0.3 is 10.1 Å². The molecule has 0 spiro atoms. The second kappa shape index (κ2) is 6.48. The van der Waals surface area contributed by atoms with Crippen molar-refractivity contribution in [3.63, 3.8) is 0 Å². The summed E-state index contributed by atoms with van der Waals surface area (Å²) in [5, 5.41) is 3.20. The highest BCUT2D eigenvalue weighted by Crippen LogP contribution is 2.22. The van der Waals surface area contributed by atoms with Crippen LogP contribution in [0.3, 0.4) is 0 Å². The van der Waals surface area contributed by atoms with E-state index in [1.807, 2.05) is 30.5 Å². The van der Waals surface area contributed by atoms with Crippen LogP contribution in [0.4, 0.5) is 10.1 Å². The summed E-state index contributed by atoms with van der Waals surface area (Å²) >= 11 is 1.70. The van der Waals surface area contributed by atoms with Crippen molar-refractivity contribution >= 4 is 17.4 Å². The summed E-state index contributed by atoms with van der Waals surface area (Å²) < 4.78 is 18.9. The maximum atomic E-state index is 13.9. The molecular weight excluding hydrogens is 261 g/mol. The Balaban J connectivity index is 2.05. The number of benzene rings is 2. The van der Waals surface area contributed by atoms with Crippen LogP contribution in [0.1, 0.15) is 5.56 Å². The molecule has 0 fully saturated rings. The molecular formula is C15H16FNOS. The van der Waals surface area contributed by atoms with Crippen LogP contribution in [0, 0.1) is 5.82 Å². The van der Waals surface area contributed by atoms with Crippen molar-refractivity contribution in [2.45, 2.75) is 11.4 Å². The number of methoxy groups -OCH3 is 1. The van der Waals surface area contributed by atoms with Crippen LogP contribution in [0.25, 0.3) is 0 Å². The first-order chi connectivity index (χ1) is 9.24. The minimum Gasteiger partial charge on any atom is -0.494 e. The third kappa shape index (κ3) is 3.41. The highest BCUT2D eigenvalue weighted by Gasteiger charge is 2.07. The summed E-state index contributed by atoms with van der Waals surface area (Å²) in [6.07, 6.45) is 2.04. The van der Waals surface area contributed by atoms with E-state index in [9.17, 15) is 4.39 Å². The second-order valence-electron chi connectivity index (χ2n) is 4.02. The number of anilines is 1. The normalized spacial score (nSPS) is 10.3. The van der Waals surface area contributed by atoms with Crippen molar-refractivity contribution in [2.24, 2.45) is 0 Å². The monoisotopic (exact) mass is 277 g/mol. The fourth-order valence-corrected chi connectivity index (χ4v) is 2.16. The standard InChI is InChI=1S/C15H16FNOS/c1-18-14-5-3-4-11(15(14)16)10-17-12-6-8-13(19-2)9-7-12/h3-9,17H,10H2,1-2H3. The van der Waals surface area contributed by atoms with Crippen LogP contribution in [-0.4, -0.2) is 13.4 Å². The van der Waals surface area contributed by atoms with Crippen molar-refractivity contribution in [3.8, 4) is 5.75 Å². The van der Waals surface area contributed by atoms with Crippen molar-refractivity contribution in [1.82, 2.24) is 0 Å². The van der Waals surface area contributed by atoms with Gasteiger partial charge >= 0.3 is 0 Å². The summed E-state index contributed by atoms with van der Waals surface area (Å²) in [6.45, 7) is 0.432. The Morgan fingerprint density at radius 2 is 1.89 bits per heavy atom. The number of nitrogens with one attached hydrogen (secondary N) is 1. The van der Waals surface area contributed by atoms with Crippen molar-refractivity contribution in [3.05, 3.63) is 53.8 Å². The first kappa shape index (κ1) is 13.7. The molecule has 0 aliphatic carbocycles. The molecule has 0 saturated heterocycles. The smallest absolute Gasteiger partial charge is 0.170 e. The van der Waals surface area contributed by atoms with Gasteiger partial charge in [0.05, 0.1) is 7.11 Å². The van der Waals surface area contributed by atoms with Gasteiger partial charge in [0, 0.05) is 22.7 Å². The number of ether oxygens (including phenoxy) is 1. The molecule has 0 aliphatic rings. The fourth-order valence-electron chi connectivity index (χ4n) is 1.76. The first-order valence-electron chi connectivity index (χ1n) is 5.94. The Morgan fingerprint density at radius 3 is 2.53 bits per heavy atom. The van der Waals surface area contributed by atoms with Gasteiger partial charge in [-0.2, -0.15) is 0 Å². The third-order valence-corrected chi connectivity index (χ3v) is 3.58. The van der Waals surface area contributed by atoms with Crippen molar-refractivity contribution in [2.75, 3.05) is 18.7 Å². The molecule has 2 rings (SSSR count). The molecule has 0 aliphatic heterocycles. The van der Waals surface area contributed by atoms with E-state index in [4.69, 9.17) is 4.74 Å². The first-order valence-corrected chi connectivity index (χ1v) is 7.16. The predicted molar refractivity (Wildman–Crippen MR) is 78.5 cm³/mol. The Labute approximate surface area is 117 Å². The molecule has 0 heterocycles. The molecule has 2 nitrogen and oxygen atoms in total. The maximum Gasteiger partial charge on any atom is 0.170 e. The van der Waals surface area contributed by atoms with E-state index in [2.05, 4.69) is 5.32 Å². The summed E-state index contributed by atoms with van der Waals surface area (Å²) in [4.78, 5) is 1.21. The van der Waals surface area contributed by atoms with Gasteiger partial charge in [-0.15, -0.1) is 11.8 Å². The van der Waals surface area contributed by atoms with E-state index in [1.54, 1.807) is 30.0 Å². The molecule has 0 atom stereocenters. The Bertz CT molecular complexity index is 542. The summed E-state index contributed by atoms with van der Waals surface area (Å²) in [6, 6.07) is 13.2. The summed E-state index contributed by atoms with van der Waals surface area (Å²) in [5.41, 5.74) is 1.56. The summed E-state index contributed by atoms with van der Waals surface area (Å²) in [5.74, 6) is -0.0322. The van der Waals surface area contributed by atoms with E-state index in [0.717, 1.165) is 5.69 Å². The largest absolute Gasteiger partial charge is 0.494 e. The molecule has 0 amide bonds. The van der Waals surface area contributed by atoms with E-state index in [-0.39, 0.29) is 11.6 Å². The molecule has 19 heavy (non-hydrogen) atoms. The van der Waals surface area contributed by atoms with Gasteiger partial charge in [0.15, 0.2) is 11.6 Å². The molecule has 0 bridgehead atoms. The van der Waals surface area contributed by atoms with E-state index < -0.39 is 0 Å². The average molecular weight is 277 g/mol. The lowest BCUT2D eigenvalue weighted by atomic mass is 10.2. The lowest BCUT2D eigenvalue weighted by molar-refractivity contribution is 0.384. The quantitative estimate of drug-likeness (QED) is 0.829. The molecule has 0 saturated carbocycles. The molecule has 2 aromatic carbocycles. The lowest BCUT2D eigenvalue weighted by Gasteiger charge is -2.10. The Kier molecular flexibility index (Phi) is 4.68. The number of halogens is 1. The van der Waals surface area contributed by atoms with E-state index >= 15 is 0 Å². The van der Waals surface area contributed by atoms with Crippen molar-refractivity contribution < 1.29 is 9.13 Å². The molecule has 4 heteroatoms. The van der Waals surface area contributed by atoms with Crippen LogP contribution in [-0.2, 0) is 6.54 Å². The topological polar surface area (TPSA) is 21.3 Å². The van der Waals surface area contributed by atoms with Gasteiger partial charge in [-0.1, -0.05) is 12.1 Å². The number of thioether (sulfide) groups is 1. The SMILES string of the molecule is COc1cccc(CNc2ccc(SC)cc2)c1F. The number of rotatable bonds is 5. The average Bonchev–Trinajstić information content (AvgIpc) is 2.47. The molecule has 0 radical (unpaired) electrons. The van der Waals surface area contributed by atoms with Crippen LogP contribution < -0.4 is 10.1 Å². The van der Waals surface area contributed by atoms with Crippen LogP contribution in [0.2, 0.25) is 0 Å². The lowest BCUT2D eigenvalue weighted by Crippen LogP contribution is -2.02. The zero-order chi connectivity index (χ0) is 13.7. The van der Waals surface area contributed by atoms with Gasteiger partial charge in [-0.3, -0.25) is 0 Å². The molecule has 0 unspecified atom stereocenters. The van der Waals surface area contributed by atoms with Gasteiger partial charge in [-0.05, 0) is 36.6 Å². The molecule has 1 N–H and O–H groups in total. The molecule has 2 aromatic rings. The van der Waals surface area contributed by atoms with Crippen molar-refractivity contribution in [1.29, 1.82) is 0 Å².